The van der Waals surface area contributed by atoms with Gasteiger partial charge in [0.05, 0.1) is 10.9 Å². The lowest BCUT2D eigenvalue weighted by Gasteiger charge is -2.49. The Kier molecular flexibility index (Phi) is 6.49. The Morgan fingerprint density at radius 3 is 2.29 bits per heavy atom. The minimum atomic E-state index is -3.29. The summed E-state index contributed by atoms with van der Waals surface area (Å²) in [6.45, 7) is 8.79. The predicted molar refractivity (Wildman–Crippen MR) is 134 cm³/mol. The van der Waals surface area contributed by atoms with Gasteiger partial charge in [-0.05, 0) is 75.0 Å². The second-order valence-electron chi connectivity index (χ2n) is 11.3. The first-order valence-corrected chi connectivity index (χ1v) is 15.0. The number of benzene rings is 1. The van der Waals surface area contributed by atoms with Crippen molar-refractivity contribution in [3.63, 3.8) is 0 Å². The lowest BCUT2D eigenvalue weighted by molar-refractivity contribution is -0.162. The molecule has 0 radical (unpaired) electrons. The van der Waals surface area contributed by atoms with Gasteiger partial charge in [-0.1, -0.05) is 26.0 Å². The number of ether oxygens (including phenoxy) is 1. The van der Waals surface area contributed by atoms with Crippen LogP contribution in [0.1, 0.15) is 77.7 Å². The Morgan fingerprint density at radius 1 is 1.09 bits per heavy atom. The maximum Gasteiger partial charge on any atom is 0.248 e. The normalized spacial score (nSPS) is 32.7. The smallest absolute Gasteiger partial charge is 0.248 e. The van der Waals surface area contributed by atoms with Crippen molar-refractivity contribution in [2.24, 2.45) is 11.8 Å². The van der Waals surface area contributed by atoms with Crippen molar-refractivity contribution < 1.29 is 21.9 Å². The Bertz CT molecular complexity index is 1020. The Labute approximate surface area is 209 Å². The predicted octanol–water partition coefficient (Wildman–Crippen LogP) is 5.56. The third-order valence-electron chi connectivity index (χ3n) is 9.47. The number of alkyl halides is 2. The quantitative estimate of drug-likeness (QED) is 0.448. The standard InChI is InChI=1S/C27H40F2N2O3S/c1-4-24(25(34-6-3)12-14-26(28,29)15-13-25)31-17-22-23(18-31)27(22,5-2)19-8-7-9-20(16-19)30-35(32,33)21-10-11-21/h7-9,16,21-24,30H,4-6,10-15,17-18H2,1-3H3. The zero-order valence-corrected chi connectivity index (χ0v) is 22.0. The van der Waals surface area contributed by atoms with E-state index in [-0.39, 0.29) is 29.5 Å². The maximum atomic E-state index is 14.0. The minimum absolute atomic E-state index is 0.0637. The summed E-state index contributed by atoms with van der Waals surface area (Å²) in [5.74, 6) is -1.57. The van der Waals surface area contributed by atoms with E-state index in [9.17, 15) is 17.2 Å². The number of anilines is 1. The lowest BCUT2D eigenvalue weighted by atomic mass is 9.75. The molecule has 3 saturated carbocycles. The van der Waals surface area contributed by atoms with Crippen molar-refractivity contribution in [3.8, 4) is 0 Å². The Balaban J connectivity index is 1.32. The van der Waals surface area contributed by atoms with Gasteiger partial charge in [-0.25, -0.2) is 17.2 Å². The number of piperidine rings is 1. The zero-order valence-electron chi connectivity index (χ0n) is 21.2. The number of fused-ring (bicyclic) bond motifs is 1. The number of nitrogens with zero attached hydrogens (tertiary/aromatic N) is 1. The topological polar surface area (TPSA) is 58.6 Å². The van der Waals surface area contributed by atoms with Crippen LogP contribution in [0.3, 0.4) is 0 Å². The van der Waals surface area contributed by atoms with Gasteiger partial charge in [-0.3, -0.25) is 9.62 Å². The molecule has 0 bridgehead atoms. The van der Waals surface area contributed by atoms with Gasteiger partial charge in [0.1, 0.15) is 0 Å². The molecule has 1 heterocycles. The van der Waals surface area contributed by atoms with Gasteiger partial charge < -0.3 is 4.74 Å². The minimum Gasteiger partial charge on any atom is -0.374 e. The second kappa shape index (κ2) is 8.95. The van der Waals surface area contributed by atoms with Gasteiger partial charge in [0.25, 0.3) is 0 Å². The molecule has 0 aromatic heterocycles. The number of likely N-dealkylation sites (tertiary alicyclic amines) is 1. The van der Waals surface area contributed by atoms with Crippen molar-refractivity contribution in [1.82, 2.24) is 4.90 Å². The molecule has 3 aliphatic carbocycles. The van der Waals surface area contributed by atoms with Gasteiger partial charge >= 0.3 is 0 Å². The third kappa shape index (κ3) is 4.42. The van der Waals surface area contributed by atoms with Crippen LogP contribution >= 0.6 is 0 Å². The first-order chi connectivity index (χ1) is 16.6. The van der Waals surface area contributed by atoms with Crippen molar-refractivity contribution in [1.29, 1.82) is 0 Å². The summed E-state index contributed by atoms with van der Waals surface area (Å²) >= 11 is 0. The van der Waals surface area contributed by atoms with E-state index >= 15 is 0 Å². The molecule has 5 rings (SSSR count). The molecule has 0 spiro atoms. The van der Waals surface area contributed by atoms with Gasteiger partial charge in [-0.2, -0.15) is 0 Å². The van der Waals surface area contributed by atoms with E-state index in [4.69, 9.17) is 4.74 Å². The van der Waals surface area contributed by atoms with Gasteiger partial charge in [0.15, 0.2) is 0 Å². The van der Waals surface area contributed by atoms with E-state index in [0.717, 1.165) is 38.8 Å². The summed E-state index contributed by atoms with van der Waals surface area (Å²) in [6, 6.07) is 8.13. The molecule has 8 heteroatoms. The molecule has 1 aromatic carbocycles. The van der Waals surface area contributed by atoms with E-state index in [1.807, 2.05) is 25.1 Å². The third-order valence-corrected chi connectivity index (χ3v) is 11.3. The van der Waals surface area contributed by atoms with Crippen molar-refractivity contribution in [3.05, 3.63) is 29.8 Å². The van der Waals surface area contributed by atoms with Crippen LogP contribution in [0.2, 0.25) is 0 Å². The molecule has 1 aromatic rings. The van der Waals surface area contributed by atoms with Crippen LogP contribution in [0.25, 0.3) is 0 Å². The number of nitrogens with one attached hydrogen (secondary N) is 1. The monoisotopic (exact) mass is 510 g/mol. The average molecular weight is 511 g/mol. The number of halogens is 2. The van der Waals surface area contributed by atoms with Crippen molar-refractivity contribution in [2.45, 2.75) is 100 Å². The highest BCUT2D eigenvalue weighted by Crippen LogP contribution is 2.66. The van der Waals surface area contributed by atoms with Crippen LogP contribution in [-0.4, -0.2) is 55.8 Å². The molecule has 1 N–H and O–H groups in total. The fourth-order valence-electron chi connectivity index (χ4n) is 7.54. The van der Waals surface area contributed by atoms with Crippen LogP contribution in [0, 0.1) is 11.8 Å². The molecule has 1 saturated heterocycles. The summed E-state index contributed by atoms with van der Waals surface area (Å²) in [4.78, 5) is 2.52. The molecule has 35 heavy (non-hydrogen) atoms. The highest BCUT2D eigenvalue weighted by atomic mass is 32.2. The summed E-state index contributed by atoms with van der Waals surface area (Å²) < 4.78 is 62.0. The molecule has 4 aliphatic rings. The van der Waals surface area contributed by atoms with Crippen LogP contribution in [0.4, 0.5) is 14.5 Å². The van der Waals surface area contributed by atoms with Crippen LogP contribution in [-0.2, 0) is 20.2 Å². The largest absolute Gasteiger partial charge is 0.374 e. The number of hydrogen-bond acceptors (Lipinski definition) is 4. The van der Waals surface area contributed by atoms with Gasteiger partial charge in [-0.15, -0.1) is 0 Å². The molecule has 3 unspecified atom stereocenters. The zero-order chi connectivity index (χ0) is 25.1. The first kappa shape index (κ1) is 25.4. The molecule has 3 atom stereocenters. The summed E-state index contributed by atoms with van der Waals surface area (Å²) in [5.41, 5.74) is 1.45. The van der Waals surface area contributed by atoms with E-state index in [0.29, 0.717) is 37.0 Å². The first-order valence-electron chi connectivity index (χ1n) is 13.5. The van der Waals surface area contributed by atoms with E-state index in [1.54, 1.807) is 0 Å². The molecule has 4 fully saturated rings. The Hall–Kier alpha value is -1.25. The van der Waals surface area contributed by atoms with Crippen LogP contribution in [0.5, 0.6) is 0 Å². The molecular weight excluding hydrogens is 470 g/mol. The molecule has 1 aliphatic heterocycles. The maximum absolute atomic E-state index is 14.0. The average Bonchev–Trinajstić information content (AvgIpc) is 3.72. The fourth-order valence-corrected chi connectivity index (χ4v) is 8.92. The highest BCUT2D eigenvalue weighted by Gasteiger charge is 2.68. The van der Waals surface area contributed by atoms with E-state index in [1.165, 1.54) is 5.56 Å². The molecule has 5 nitrogen and oxygen atoms in total. The molecule has 0 amide bonds. The SMILES string of the molecule is CCOC1(C(CC)N2CC3C(C2)C3(CC)c2cccc(NS(=O)(=O)C3CC3)c2)CCC(F)(F)CC1. The van der Waals surface area contributed by atoms with Crippen molar-refractivity contribution in [2.75, 3.05) is 24.4 Å². The highest BCUT2D eigenvalue weighted by molar-refractivity contribution is 7.93. The summed E-state index contributed by atoms with van der Waals surface area (Å²) in [5, 5.41) is -0.247. The molecular formula is C27H40F2N2O3S. The van der Waals surface area contributed by atoms with Crippen LogP contribution < -0.4 is 4.72 Å². The second-order valence-corrected chi connectivity index (χ2v) is 13.2. The summed E-state index contributed by atoms with van der Waals surface area (Å²) in [7, 11) is -3.29. The van der Waals surface area contributed by atoms with E-state index in [2.05, 4.69) is 29.5 Å². The van der Waals surface area contributed by atoms with Crippen LogP contribution in [0.15, 0.2) is 24.3 Å². The number of sulfonamides is 1. The number of rotatable bonds is 10. The van der Waals surface area contributed by atoms with E-state index < -0.39 is 21.5 Å². The number of hydrogen-bond donors (Lipinski definition) is 1. The molecule has 196 valence electrons. The van der Waals surface area contributed by atoms with Gasteiger partial charge in [0, 0.05) is 49.7 Å². The lowest BCUT2D eigenvalue weighted by Crippen LogP contribution is -2.57. The fraction of sp³-hybridized carbons (Fsp3) is 0.778. The van der Waals surface area contributed by atoms with Gasteiger partial charge in [0.2, 0.25) is 15.9 Å². The van der Waals surface area contributed by atoms with Crippen molar-refractivity contribution >= 4 is 15.7 Å². The Morgan fingerprint density at radius 2 is 1.74 bits per heavy atom. The summed E-state index contributed by atoms with van der Waals surface area (Å²) in [6.07, 6.45) is 4.04.